The second kappa shape index (κ2) is 10.6. The fraction of sp³-hybridized carbons (Fsp3) is 0.440. The molecule has 1 aliphatic rings. The highest BCUT2D eigenvalue weighted by Gasteiger charge is 2.36. The lowest BCUT2D eigenvalue weighted by Crippen LogP contribution is -2.32. The minimum absolute atomic E-state index is 0.0422. The second-order valence-corrected chi connectivity index (χ2v) is 7.71. The van der Waals surface area contributed by atoms with Gasteiger partial charge in [0.2, 0.25) is 0 Å². The minimum atomic E-state index is -0.668. The first-order valence-corrected chi connectivity index (χ1v) is 10.4. The number of methoxy groups -OCH3 is 4. The molecule has 168 valence electrons. The van der Waals surface area contributed by atoms with Gasteiger partial charge in [-0.05, 0) is 54.2 Å². The van der Waals surface area contributed by atoms with Gasteiger partial charge in [0.15, 0.2) is 23.0 Å². The van der Waals surface area contributed by atoms with Gasteiger partial charge in [0.25, 0.3) is 0 Å². The molecule has 1 aliphatic heterocycles. The zero-order chi connectivity index (χ0) is 22.4. The van der Waals surface area contributed by atoms with Crippen molar-refractivity contribution in [2.45, 2.75) is 25.0 Å². The average molecular weight is 429 g/mol. The molecule has 2 aromatic carbocycles. The molecule has 1 heterocycles. The van der Waals surface area contributed by atoms with E-state index in [1.165, 1.54) is 0 Å². The topological polar surface area (TPSA) is 66.4 Å². The van der Waals surface area contributed by atoms with Crippen molar-refractivity contribution in [1.82, 2.24) is 0 Å². The Morgan fingerprint density at radius 3 is 2.19 bits per heavy atom. The van der Waals surface area contributed by atoms with Crippen molar-refractivity contribution in [3.8, 4) is 23.0 Å². The van der Waals surface area contributed by atoms with Crippen molar-refractivity contribution >= 4 is 0 Å². The van der Waals surface area contributed by atoms with Gasteiger partial charge in [0.05, 0.1) is 47.3 Å². The van der Waals surface area contributed by atoms with Crippen LogP contribution < -0.4 is 18.9 Å². The lowest BCUT2D eigenvalue weighted by atomic mass is 9.79. The number of hydrogen-bond donors (Lipinski definition) is 1. The number of hydrogen-bond acceptors (Lipinski definition) is 6. The van der Waals surface area contributed by atoms with Crippen LogP contribution in [0, 0.1) is 11.8 Å². The zero-order valence-electron chi connectivity index (χ0n) is 18.7. The summed E-state index contributed by atoms with van der Waals surface area (Å²) in [6.07, 6.45) is 2.73. The molecule has 0 amide bonds. The summed E-state index contributed by atoms with van der Waals surface area (Å²) in [5, 5.41) is 11.1. The van der Waals surface area contributed by atoms with E-state index >= 15 is 0 Å². The first-order valence-electron chi connectivity index (χ1n) is 10.4. The molecule has 2 aromatic rings. The van der Waals surface area contributed by atoms with E-state index in [-0.39, 0.29) is 17.9 Å². The van der Waals surface area contributed by atoms with E-state index in [2.05, 4.69) is 6.58 Å². The van der Waals surface area contributed by atoms with Crippen molar-refractivity contribution in [2.75, 3.05) is 35.0 Å². The summed E-state index contributed by atoms with van der Waals surface area (Å²) in [5.74, 6) is 2.74. The van der Waals surface area contributed by atoms with Crippen molar-refractivity contribution in [3.05, 3.63) is 60.2 Å². The molecule has 31 heavy (non-hydrogen) atoms. The summed E-state index contributed by atoms with van der Waals surface area (Å²) in [6, 6.07) is 11.4. The number of allylic oxidation sites excluding steroid dienone is 1. The quantitative estimate of drug-likeness (QED) is 0.583. The molecule has 4 atom stereocenters. The van der Waals surface area contributed by atoms with Crippen LogP contribution in [-0.4, -0.2) is 40.2 Å². The maximum Gasteiger partial charge on any atom is 0.161 e. The molecule has 6 nitrogen and oxygen atoms in total. The standard InChI is InChI=1S/C25H32O6/c1-6-7-17-12-19(24(26)16-8-10-20(27-2)22(13-16)29-4)15-31-25(17)18-9-11-21(28-3)23(14-18)30-5/h6,8-11,13-14,17,19,24-26H,1,7,12,15H2,2-5H3/t17-,19+,24-,25-/m1/s1. The van der Waals surface area contributed by atoms with Gasteiger partial charge in [-0.3, -0.25) is 0 Å². The lowest BCUT2D eigenvalue weighted by Gasteiger charge is -2.38. The SMILES string of the molecule is C=CC[C@@H]1C[C@H]([C@H](O)c2ccc(OC)c(OC)c2)CO[C@H]1c1ccc(OC)c(OC)c1. The summed E-state index contributed by atoms with van der Waals surface area (Å²) in [6.45, 7) is 4.37. The number of aliphatic hydroxyl groups excluding tert-OH is 1. The smallest absolute Gasteiger partial charge is 0.161 e. The Balaban J connectivity index is 1.80. The molecule has 0 aromatic heterocycles. The Labute approximate surface area is 184 Å². The van der Waals surface area contributed by atoms with Crippen LogP contribution in [0.5, 0.6) is 23.0 Å². The average Bonchev–Trinajstić information content (AvgIpc) is 2.82. The number of rotatable bonds is 9. The minimum Gasteiger partial charge on any atom is -0.493 e. The number of benzene rings is 2. The van der Waals surface area contributed by atoms with E-state index in [9.17, 15) is 5.11 Å². The van der Waals surface area contributed by atoms with Gasteiger partial charge in [0, 0.05) is 5.92 Å². The van der Waals surface area contributed by atoms with E-state index in [0.717, 1.165) is 24.0 Å². The van der Waals surface area contributed by atoms with Crippen molar-refractivity contribution in [3.63, 3.8) is 0 Å². The third kappa shape index (κ3) is 4.97. The highest BCUT2D eigenvalue weighted by molar-refractivity contribution is 5.44. The first-order chi connectivity index (χ1) is 15.1. The molecule has 1 N–H and O–H groups in total. The van der Waals surface area contributed by atoms with Gasteiger partial charge in [0.1, 0.15) is 0 Å². The van der Waals surface area contributed by atoms with Gasteiger partial charge in [-0.1, -0.05) is 18.2 Å². The molecule has 1 fully saturated rings. The monoisotopic (exact) mass is 428 g/mol. The highest BCUT2D eigenvalue weighted by atomic mass is 16.5. The second-order valence-electron chi connectivity index (χ2n) is 7.71. The molecular weight excluding hydrogens is 396 g/mol. The molecule has 6 heteroatoms. The van der Waals surface area contributed by atoms with Crippen LogP contribution in [0.4, 0.5) is 0 Å². The fourth-order valence-electron chi connectivity index (χ4n) is 4.30. The maximum absolute atomic E-state index is 11.1. The lowest BCUT2D eigenvalue weighted by molar-refractivity contribution is -0.0901. The third-order valence-corrected chi connectivity index (χ3v) is 5.92. The van der Waals surface area contributed by atoms with E-state index in [1.807, 2.05) is 42.5 Å². The molecule has 0 radical (unpaired) electrons. The van der Waals surface area contributed by atoms with Crippen LogP contribution in [0.3, 0.4) is 0 Å². The predicted octanol–water partition coefficient (Wildman–Crippen LogP) is 4.72. The molecule has 0 saturated carbocycles. The van der Waals surface area contributed by atoms with Crippen molar-refractivity contribution < 1.29 is 28.8 Å². The Kier molecular flexibility index (Phi) is 7.82. The van der Waals surface area contributed by atoms with Gasteiger partial charge in [-0.15, -0.1) is 6.58 Å². The number of ether oxygens (including phenoxy) is 5. The van der Waals surface area contributed by atoms with Crippen LogP contribution in [0.1, 0.15) is 36.2 Å². The first kappa shape index (κ1) is 23.0. The summed E-state index contributed by atoms with van der Waals surface area (Å²) < 4.78 is 27.8. The van der Waals surface area contributed by atoms with Crippen molar-refractivity contribution in [2.24, 2.45) is 11.8 Å². The Morgan fingerprint density at radius 2 is 1.58 bits per heavy atom. The largest absolute Gasteiger partial charge is 0.493 e. The Morgan fingerprint density at radius 1 is 0.968 bits per heavy atom. The Hall–Kier alpha value is -2.70. The zero-order valence-corrected chi connectivity index (χ0v) is 18.7. The summed E-state index contributed by atoms with van der Waals surface area (Å²) >= 11 is 0. The van der Waals surface area contributed by atoms with Crippen LogP contribution in [0.2, 0.25) is 0 Å². The van der Waals surface area contributed by atoms with Crippen LogP contribution >= 0.6 is 0 Å². The van der Waals surface area contributed by atoms with E-state index < -0.39 is 6.10 Å². The normalized spacial score (nSPS) is 21.8. The van der Waals surface area contributed by atoms with Crippen LogP contribution in [0.15, 0.2) is 49.1 Å². The van der Waals surface area contributed by atoms with Crippen LogP contribution in [-0.2, 0) is 4.74 Å². The molecule has 1 saturated heterocycles. The molecule has 0 bridgehead atoms. The summed E-state index contributed by atoms with van der Waals surface area (Å²) in [4.78, 5) is 0. The van der Waals surface area contributed by atoms with Gasteiger partial charge >= 0.3 is 0 Å². The molecular formula is C25H32O6. The maximum atomic E-state index is 11.1. The molecule has 0 unspecified atom stereocenters. The summed E-state index contributed by atoms with van der Waals surface area (Å²) in [5.41, 5.74) is 1.82. The summed E-state index contributed by atoms with van der Waals surface area (Å²) in [7, 11) is 6.43. The van der Waals surface area contributed by atoms with Crippen molar-refractivity contribution in [1.29, 1.82) is 0 Å². The molecule has 0 spiro atoms. The van der Waals surface area contributed by atoms with E-state index in [1.54, 1.807) is 28.4 Å². The third-order valence-electron chi connectivity index (χ3n) is 5.92. The highest BCUT2D eigenvalue weighted by Crippen LogP contribution is 2.44. The molecule has 3 rings (SSSR count). The number of aliphatic hydroxyl groups is 1. The van der Waals surface area contributed by atoms with Gasteiger partial charge in [-0.2, -0.15) is 0 Å². The van der Waals surface area contributed by atoms with Gasteiger partial charge < -0.3 is 28.8 Å². The van der Waals surface area contributed by atoms with Gasteiger partial charge in [-0.25, -0.2) is 0 Å². The van der Waals surface area contributed by atoms with Crippen LogP contribution in [0.25, 0.3) is 0 Å². The predicted molar refractivity (Wildman–Crippen MR) is 119 cm³/mol. The van der Waals surface area contributed by atoms with E-state index in [0.29, 0.717) is 29.6 Å². The Bertz CT molecular complexity index is 880. The molecule has 0 aliphatic carbocycles. The van der Waals surface area contributed by atoms with E-state index in [4.69, 9.17) is 23.7 Å². The fourth-order valence-corrected chi connectivity index (χ4v) is 4.30.